The molecule has 0 radical (unpaired) electrons. The van der Waals surface area contributed by atoms with Crippen molar-refractivity contribution in [3.8, 4) is 0 Å². The van der Waals surface area contributed by atoms with Gasteiger partial charge in [0.1, 0.15) is 0 Å². The summed E-state index contributed by atoms with van der Waals surface area (Å²) in [5.41, 5.74) is 0. The Bertz CT molecular complexity index is 163. The summed E-state index contributed by atoms with van der Waals surface area (Å²) in [4.78, 5) is 0. The third-order valence-corrected chi connectivity index (χ3v) is 2.15. The van der Waals surface area contributed by atoms with Gasteiger partial charge in [-0.3, -0.25) is 0 Å². The molecule has 4 unspecified atom stereocenters. The number of hydrogen-bond donors (Lipinski definition) is 3. The summed E-state index contributed by atoms with van der Waals surface area (Å²) >= 11 is 0. The monoisotopic (exact) mass is 282 g/mol. The molecule has 0 saturated heterocycles. The van der Waals surface area contributed by atoms with E-state index in [4.69, 9.17) is 29.5 Å². The van der Waals surface area contributed by atoms with Gasteiger partial charge in [0.15, 0.2) is 0 Å². The van der Waals surface area contributed by atoms with Crippen LogP contribution in [-0.4, -0.2) is 73.3 Å². The van der Waals surface area contributed by atoms with E-state index in [-0.39, 0.29) is 31.5 Å². The Morgan fingerprint density at radius 1 is 0.789 bits per heavy atom. The summed E-state index contributed by atoms with van der Waals surface area (Å²) in [6.45, 7) is 8.20. The zero-order chi connectivity index (χ0) is 15.3. The number of rotatable bonds is 9. The van der Waals surface area contributed by atoms with Crippen LogP contribution >= 0.6 is 0 Å². The van der Waals surface area contributed by atoms with Crippen molar-refractivity contribution in [3.63, 3.8) is 0 Å². The molecule has 0 spiro atoms. The van der Waals surface area contributed by atoms with Gasteiger partial charge in [-0.1, -0.05) is 0 Å². The van der Waals surface area contributed by atoms with Crippen molar-refractivity contribution in [2.24, 2.45) is 0 Å². The summed E-state index contributed by atoms with van der Waals surface area (Å²) < 4.78 is 15.8. The molecule has 0 amide bonds. The molecule has 0 rings (SSSR count). The molecule has 19 heavy (non-hydrogen) atoms. The summed E-state index contributed by atoms with van der Waals surface area (Å²) in [6.07, 6.45) is -0.551. The van der Waals surface area contributed by atoms with Crippen molar-refractivity contribution in [3.05, 3.63) is 0 Å². The smallest absolute Gasteiger partial charge is 0.0781 e. The molecule has 0 fully saturated rings. The van der Waals surface area contributed by atoms with Crippen LogP contribution in [0.4, 0.5) is 0 Å². The zero-order valence-corrected chi connectivity index (χ0v) is 12.7. The van der Waals surface area contributed by atoms with Crippen molar-refractivity contribution in [2.75, 3.05) is 33.5 Å². The first kappa shape index (κ1) is 21.1. The second kappa shape index (κ2) is 14.2. The summed E-state index contributed by atoms with van der Waals surface area (Å²) in [5.74, 6) is 0. The number of hydrogen-bond acceptors (Lipinski definition) is 6. The van der Waals surface area contributed by atoms with E-state index in [0.29, 0.717) is 13.2 Å². The molecule has 0 aromatic heterocycles. The minimum Gasteiger partial charge on any atom is -0.394 e. The fourth-order valence-electron chi connectivity index (χ4n) is 0.768. The van der Waals surface area contributed by atoms with E-state index in [2.05, 4.69) is 0 Å². The minimum atomic E-state index is -0.560. The molecule has 0 heterocycles. The van der Waals surface area contributed by atoms with Crippen LogP contribution in [0, 0.1) is 0 Å². The van der Waals surface area contributed by atoms with Gasteiger partial charge in [0.25, 0.3) is 0 Å². The van der Waals surface area contributed by atoms with E-state index in [1.165, 1.54) is 6.92 Å². The highest BCUT2D eigenvalue weighted by Gasteiger charge is 2.07. The highest BCUT2D eigenvalue weighted by molar-refractivity contribution is 4.53. The first-order valence-corrected chi connectivity index (χ1v) is 6.53. The average Bonchev–Trinajstić information content (AvgIpc) is 2.42. The van der Waals surface area contributed by atoms with Crippen molar-refractivity contribution in [1.82, 2.24) is 0 Å². The van der Waals surface area contributed by atoms with E-state index < -0.39 is 6.10 Å². The molecule has 0 bridgehead atoms. The van der Waals surface area contributed by atoms with Crippen LogP contribution in [0.5, 0.6) is 0 Å². The minimum absolute atomic E-state index is 0.0293. The molecular weight excluding hydrogens is 252 g/mol. The van der Waals surface area contributed by atoms with Crippen molar-refractivity contribution in [2.45, 2.75) is 52.1 Å². The first-order valence-electron chi connectivity index (χ1n) is 6.53. The van der Waals surface area contributed by atoms with Gasteiger partial charge in [0.05, 0.1) is 50.8 Å². The Morgan fingerprint density at radius 3 is 1.58 bits per heavy atom. The molecule has 6 heteroatoms. The molecule has 0 aliphatic heterocycles. The lowest BCUT2D eigenvalue weighted by molar-refractivity contribution is -0.0677. The Labute approximate surface area is 116 Å². The second-order valence-electron chi connectivity index (χ2n) is 4.55. The van der Waals surface area contributed by atoms with Gasteiger partial charge in [-0.2, -0.15) is 0 Å². The van der Waals surface area contributed by atoms with E-state index in [1.54, 1.807) is 7.11 Å². The van der Waals surface area contributed by atoms with Crippen LogP contribution in [0.2, 0.25) is 0 Å². The molecule has 0 saturated carbocycles. The van der Waals surface area contributed by atoms with Crippen molar-refractivity contribution in [1.29, 1.82) is 0 Å². The fourth-order valence-corrected chi connectivity index (χ4v) is 0.768. The molecule has 0 aromatic rings. The maximum atomic E-state index is 8.72. The molecule has 6 nitrogen and oxygen atoms in total. The summed E-state index contributed by atoms with van der Waals surface area (Å²) in [5, 5.41) is 24.7. The topological polar surface area (TPSA) is 88.4 Å². The highest BCUT2D eigenvalue weighted by Crippen LogP contribution is 1.98. The molecular formula is C13H30O6. The molecule has 3 N–H and O–H groups in total. The van der Waals surface area contributed by atoms with Gasteiger partial charge in [0.2, 0.25) is 0 Å². The Kier molecular flexibility index (Phi) is 15.7. The third-order valence-electron chi connectivity index (χ3n) is 2.15. The van der Waals surface area contributed by atoms with E-state index in [0.717, 1.165) is 0 Å². The van der Waals surface area contributed by atoms with Gasteiger partial charge in [-0.05, 0) is 27.7 Å². The van der Waals surface area contributed by atoms with Gasteiger partial charge < -0.3 is 29.5 Å². The maximum absolute atomic E-state index is 8.72. The van der Waals surface area contributed by atoms with E-state index >= 15 is 0 Å². The highest BCUT2D eigenvalue weighted by atomic mass is 16.6. The van der Waals surface area contributed by atoms with E-state index in [9.17, 15) is 0 Å². The van der Waals surface area contributed by atoms with Crippen LogP contribution in [0.15, 0.2) is 0 Å². The number of aliphatic hydroxyl groups excluding tert-OH is 3. The van der Waals surface area contributed by atoms with Crippen LogP contribution in [0.25, 0.3) is 0 Å². The van der Waals surface area contributed by atoms with Gasteiger partial charge in [-0.15, -0.1) is 0 Å². The molecule has 0 aliphatic rings. The van der Waals surface area contributed by atoms with Crippen LogP contribution < -0.4 is 0 Å². The Morgan fingerprint density at radius 2 is 1.21 bits per heavy atom. The van der Waals surface area contributed by atoms with Crippen LogP contribution in [0.1, 0.15) is 27.7 Å². The van der Waals surface area contributed by atoms with E-state index in [1.807, 2.05) is 20.8 Å². The number of ether oxygens (including phenoxy) is 3. The SMILES string of the molecule is CC(O)CO.COC(C)COC(C)COC(C)CO. The van der Waals surface area contributed by atoms with Gasteiger partial charge in [-0.25, -0.2) is 0 Å². The Hall–Kier alpha value is -0.240. The normalized spacial score (nSPS) is 17.1. The van der Waals surface area contributed by atoms with Crippen molar-refractivity contribution < 1.29 is 29.5 Å². The quantitative estimate of drug-likeness (QED) is 0.559. The Balaban J connectivity index is 0. The lowest BCUT2D eigenvalue weighted by Gasteiger charge is -2.18. The molecule has 0 aromatic carbocycles. The maximum Gasteiger partial charge on any atom is 0.0781 e. The van der Waals surface area contributed by atoms with Crippen LogP contribution in [0.3, 0.4) is 0 Å². The predicted octanol–water partition coefficient (Wildman–Crippen LogP) is 0.183. The number of methoxy groups -OCH3 is 1. The molecule has 4 atom stereocenters. The lowest BCUT2D eigenvalue weighted by atomic mass is 10.4. The standard InChI is InChI=1S/C10H22O4.C3H8O2/c1-8(5-11)13-7-10(3)14-6-9(2)12-4;1-3(5)2-4/h8-11H,5-7H2,1-4H3;3-5H,2H2,1H3. The zero-order valence-electron chi connectivity index (χ0n) is 12.7. The van der Waals surface area contributed by atoms with Gasteiger partial charge >= 0.3 is 0 Å². The number of aliphatic hydroxyl groups is 3. The van der Waals surface area contributed by atoms with Crippen molar-refractivity contribution >= 4 is 0 Å². The largest absolute Gasteiger partial charge is 0.394 e. The molecule has 0 aliphatic carbocycles. The third kappa shape index (κ3) is 17.8. The lowest BCUT2D eigenvalue weighted by Crippen LogP contribution is -2.25. The molecule has 118 valence electrons. The predicted molar refractivity (Wildman–Crippen MR) is 73.2 cm³/mol. The van der Waals surface area contributed by atoms with Gasteiger partial charge in [0, 0.05) is 7.11 Å². The van der Waals surface area contributed by atoms with Crippen LogP contribution in [-0.2, 0) is 14.2 Å². The summed E-state index contributed by atoms with van der Waals surface area (Å²) in [6, 6.07) is 0. The fraction of sp³-hybridized carbons (Fsp3) is 1.00. The first-order chi connectivity index (χ1) is 8.87. The average molecular weight is 282 g/mol. The second-order valence-corrected chi connectivity index (χ2v) is 4.55. The summed E-state index contributed by atoms with van der Waals surface area (Å²) in [7, 11) is 1.66.